The minimum atomic E-state index is -0.289. The molecule has 0 fully saturated rings. The summed E-state index contributed by atoms with van der Waals surface area (Å²) in [5.74, 6) is 0.316. The van der Waals surface area contributed by atoms with E-state index in [0.717, 1.165) is 36.3 Å². The van der Waals surface area contributed by atoms with E-state index in [1.54, 1.807) is 31.2 Å². The molecular formula is C23H23F2N5O. The Bertz CT molecular complexity index is 1150. The van der Waals surface area contributed by atoms with Crippen molar-refractivity contribution in [2.45, 2.75) is 26.3 Å². The van der Waals surface area contributed by atoms with Crippen LogP contribution in [0.15, 0.2) is 53.1 Å². The van der Waals surface area contributed by atoms with Gasteiger partial charge in [0.2, 0.25) is 11.7 Å². The highest BCUT2D eigenvalue weighted by atomic mass is 19.1. The Morgan fingerprint density at radius 1 is 1.03 bits per heavy atom. The van der Waals surface area contributed by atoms with Gasteiger partial charge in [-0.2, -0.15) is 10.1 Å². The molecule has 8 heteroatoms. The lowest BCUT2D eigenvalue weighted by Crippen LogP contribution is -2.19. The largest absolute Gasteiger partial charge is 0.338 e. The number of halogens is 2. The van der Waals surface area contributed by atoms with Gasteiger partial charge in [-0.05, 0) is 75.3 Å². The van der Waals surface area contributed by atoms with Crippen LogP contribution in [0, 0.1) is 18.6 Å². The van der Waals surface area contributed by atoms with E-state index >= 15 is 0 Å². The van der Waals surface area contributed by atoms with E-state index in [9.17, 15) is 8.78 Å². The normalized spacial score (nSPS) is 11.4. The molecule has 0 unspecified atom stereocenters. The van der Waals surface area contributed by atoms with Crippen LogP contribution in [-0.4, -0.2) is 38.8 Å². The van der Waals surface area contributed by atoms with Gasteiger partial charge in [0.25, 0.3) is 0 Å². The van der Waals surface area contributed by atoms with Crippen molar-refractivity contribution in [2.24, 2.45) is 0 Å². The van der Waals surface area contributed by atoms with Crippen LogP contribution in [0.25, 0.3) is 22.6 Å². The fourth-order valence-electron chi connectivity index (χ4n) is 3.28. The van der Waals surface area contributed by atoms with Crippen molar-refractivity contribution in [1.82, 2.24) is 25.2 Å². The second-order valence-corrected chi connectivity index (χ2v) is 7.60. The first-order valence-electron chi connectivity index (χ1n) is 10.1. The lowest BCUT2D eigenvalue weighted by Gasteiger charge is -2.13. The molecule has 0 amide bonds. The fraction of sp³-hybridized carbons (Fsp3) is 0.261. The lowest BCUT2D eigenvalue weighted by atomic mass is 10.1. The van der Waals surface area contributed by atoms with Gasteiger partial charge in [0.1, 0.15) is 11.6 Å². The first-order chi connectivity index (χ1) is 15.0. The number of nitrogens with zero attached hydrogens (tertiary/aromatic N) is 4. The predicted octanol–water partition coefficient (Wildman–Crippen LogP) is 4.78. The molecule has 0 aliphatic carbocycles. The molecule has 0 aliphatic heterocycles. The minimum absolute atomic E-state index is 0.262. The molecule has 2 aromatic carbocycles. The summed E-state index contributed by atoms with van der Waals surface area (Å²) in [4.78, 5) is 6.46. The van der Waals surface area contributed by atoms with Crippen LogP contribution in [0.2, 0.25) is 0 Å². The number of H-pyrrole nitrogens is 1. The van der Waals surface area contributed by atoms with Crippen LogP contribution < -0.4 is 0 Å². The SMILES string of the molecule is Cc1ccc(-c2noc(CN(C)CCCc3cc(-c4ccc(F)cc4)n[nH]3)n2)cc1F. The Morgan fingerprint density at radius 2 is 1.81 bits per heavy atom. The van der Waals surface area contributed by atoms with Gasteiger partial charge in [-0.15, -0.1) is 0 Å². The summed E-state index contributed by atoms with van der Waals surface area (Å²) < 4.78 is 32.1. The summed E-state index contributed by atoms with van der Waals surface area (Å²) in [6.45, 7) is 3.04. The van der Waals surface area contributed by atoms with E-state index in [1.807, 2.05) is 13.1 Å². The van der Waals surface area contributed by atoms with Gasteiger partial charge < -0.3 is 4.52 Å². The Hall–Kier alpha value is -3.39. The minimum Gasteiger partial charge on any atom is -0.338 e. The average Bonchev–Trinajstić information content (AvgIpc) is 3.41. The number of rotatable bonds is 8. The van der Waals surface area contributed by atoms with Gasteiger partial charge in [0.15, 0.2) is 0 Å². The molecular weight excluding hydrogens is 400 g/mol. The summed E-state index contributed by atoms with van der Waals surface area (Å²) in [7, 11) is 1.98. The second-order valence-electron chi connectivity index (χ2n) is 7.60. The Balaban J connectivity index is 1.27. The highest BCUT2D eigenvalue weighted by Crippen LogP contribution is 2.20. The molecule has 0 spiro atoms. The third-order valence-corrected chi connectivity index (χ3v) is 5.06. The van der Waals surface area contributed by atoms with Gasteiger partial charge in [-0.25, -0.2) is 8.78 Å². The first-order valence-corrected chi connectivity index (χ1v) is 10.1. The fourth-order valence-corrected chi connectivity index (χ4v) is 3.28. The summed E-state index contributed by atoms with van der Waals surface area (Å²) >= 11 is 0. The van der Waals surface area contributed by atoms with Crippen molar-refractivity contribution >= 4 is 0 Å². The molecule has 2 aromatic heterocycles. The van der Waals surface area contributed by atoms with Crippen molar-refractivity contribution in [3.63, 3.8) is 0 Å². The molecule has 1 N–H and O–H groups in total. The van der Waals surface area contributed by atoms with Crippen molar-refractivity contribution in [3.8, 4) is 22.6 Å². The molecule has 0 saturated carbocycles. The van der Waals surface area contributed by atoms with Crippen molar-refractivity contribution in [3.05, 3.63) is 77.3 Å². The van der Waals surface area contributed by atoms with Gasteiger partial charge in [0.05, 0.1) is 12.2 Å². The maximum atomic E-state index is 13.8. The van der Waals surface area contributed by atoms with Gasteiger partial charge in [-0.3, -0.25) is 10.00 Å². The van der Waals surface area contributed by atoms with Crippen molar-refractivity contribution in [2.75, 3.05) is 13.6 Å². The maximum absolute atomic E-state index is 13.8. The number of benzene rings is 2. The average molecular weight is 423 g/mol. The number of hydrogen-bond donors (Lipinski definition) is 1. The molecule has 2 heterocycles. The topological polar surface area (TPSA) is 70.8 Å². The number of aromatic nitrogens is 4. The van der Waals surface area contributed by atoms with E-state index in [1.165, 1.54) is 18.2 Å². The Kier molecular flexibility index (Phi) is 6.18. The van der Waals surface area contributed by atoms with Crippen LogP contribution in [-0.2, 0) is 13.0 Å². The second kappa shape index (κ2) is 9.18. The van der Waals surface area contributed by atoms with E-state index < -0.39 is 0 Å². The third-order valence-electron chi connectivity index (χ3n) is 5.06. The van der Waals surface area contributed by atoms with Gasteiger partial charge in [0, 0.05) is 16.8 Å². The van der Waals surface area contributed by atoms with Crippen molar-refractivity contribution in [1.29, 1.82) is 0 Å². The van der Waals surface area contributed by atoms with Crippen LogP contribution in [0.4, 0.5) is 8.78 Å². The van der Waals surface area contributed by atoms with E-state index in [0.29, 0.717) is 29.4 Å². The molecule has 0 radical (unpaired) electrons. The van der Waals surface area contributed by atoms with E-state index in [2.05, 4.69) is 25.2 Å². The molecule has 160 valence electrons. The standard InChI is InChI=1S/C23H23F2N5O/c1-15-5-6-17(12-20(15)25)23-26-22(31-29-23)14-30(2)11-3-4-19-13-21(28-27-19)16-7-9-18(24)10-8-16/h5-10,12-13H,3-4,11,14H2,1-2H3,(H,27,28). The monoisotopic (exact) mass is 423 g/mol. The Morgan fingerprint density at radius 3 is 2.58 bits per heavy atom. The zero-order chi connectivity index (χ0) is 21.8. The zero-order valence-electron chi connectivity index (χ0n) is 17.4. The molecule has 0 aliphatic rings. The summed E-state index contributed by atoms with van der Waals surface area (Å²) in [5, 5.41) is 11.3. The molecule has 0 bridgehead atoms. The molecule has 4 rings (SSSR count). The first kappa shape index (κ1) is 20.9. The van der Waals surface area contributed by atoms with E-state index in [-0.39, 0.29) is 11.6 Å². The third kappa shape index (κ3) is 5.21. The van der Waals surface area contributed by atoms with E-state index in [4.69, 9.17) is 4.52 Å². The highest BCUT2D eigenvalue weighted by molar-refractivity contribution is 5.59. The van der Waals surface area contributed by atoms with Crippen LogP contribution in [0.3, 0.4) is 0 Å². The molecule has 6 nitrogen and oxygen atoms in total. The number of aromatic amines is 1. The van der Waals surface area contributed by atoms with Gasteiger partial charge >= 0.3 is 0 Å². The smallest absolute Gasteiger partial charge is 0.241 e. The molecule has 0 saturated heterocycles. The molecule has 31 heavy (non-hydrogen) atoms. The number of aryl methyl sites for hydroxylation is 2. The highest BCUT2D eigenvalue weighted by Gasteiger charge is 2.12. The summed E-state index contributed by atoms with van der Waals surface area (Å²) in [6.07, 6.45) is 1.74. The van der Waals surface area contributed by atoms with Gasteiger partial charge in [-0.1, -0.05) is 17.3 Å². The number of nitrogens with one attached hydrogen (secondary N) is 1. The summed E-state index contributed by atoms with van der Waals surface area (Å²) in [6, 6.07) is 13.2. The Labute approximate surface area is 178 Å². The maximum Gasteiger partial charge on any atom is 0.241 e. The van der Waals surface area contributed by atoms with Crippen LogP contribution >= 0.6 is 0 Å². The van der Waals surface area contributed by atoms with Crippen LogP contribution in [0.5, 0.6) is 0 Å². The molecule has 0 atom stereocenters. The van der Waals surface area contributed by atoms with Crippen molar-refractivity contribution < 1.29 is 13.3 Å². The molecule has 4 aromatic rings. The summed E-state index contributed by atoms with van der Waals surface area (Å²) in [5.41, 5.74) is 3.87. The zero-order valence-corrected chi connectivity index (χ0v) is 17.4. The van der Waals surface area contributed by atoms with Crippen LogP contribution in [0.1, 0.15) is 23.6 Å². The lowest BCUT2D eigenvalue weighted by molar-refractivity contribution is 0.264. The predicted molar refractivity (Wildman–Crippen MR) is 113 cm³/mol. The quantitative estimate of drug-likeness (QED) is 0.442. The number of hydrogen-bond acceptors (Lipinski definition) is 5.